The van der Waals surface area contributed by atoms with Crippen molar-refractivity contribution in [2.24, 2.45) is 0 Å². The summed E-state index contributed by atoms with van der Waals surface area (Å²) in [5, 5.41) is 9.20. The maximum atomic E-state index is 5.08. The fourth-order valence-electron chi connectivity index (χ4n) is 1.49. The number of nitrogens with one attached hydrogen (secondary N) is 1. The molecular weight excluding hydrogens is 234 g/mol. The zero-order valence-electron chi connectivity index (χ0n) is 8.47. The lowest BCUT2D eigenvalue weighted by Crippen LogP contribution is -2.14. The van der Waals surface area contributed by atoms with E-state index in [2.05, 4.69) is 15.5 Å². The average molecular weight is 248 g/mol. The van der Waals surface area contributed by atoms with Gasteiger partial charge in [0.1, 0.15) is 0 Å². The molecule has 1 saturated heterocycles. The standard InChI is InChI=1S/C9H13N3OS.ClH/c1-14-6-4-8-11-9(12-13-8)7-3-2-5-10-7;/h4,6-7,10H,2-3,5H2,1H3;1H/b6-4+;. The number of nitrogens with zero attached hydrogens (tertiary/aromatic N) is 2. The van der Waals surface area contributed by atoms with Gasteiger partial charge in [0.15, 0.2) is 5.82 Å². The van der Waals surface area contributed by atoms with Crippen LogP contribution in [0, 0.1) is 0 Å². The van der Waals surface area contributed by atoms with Gasteiger partial charge in [0.25, 0.3) is 5.89 Å². The minimum absolute atomic E-state index is 0. The molecule has 2 heterocycles. The van der Waals surface area contributed by atoms with Crippen molar-refractivity contribution >= 4 is 30.2 Å². The molecule has 6 heteroatoms. The number of rotatable bonds is 3. The summed E-state index contributed by atoms with van der Waals surface area (Å²) >= 11 is 1.61. The summed E-state index contributed by atoms with van der Waals surface area (Å²) in [4.78, 5) is 4.29. The Morgan fingerprint density at radius 3 is 3.13 bits per heavy atom. The van der Waals surface area contributed by atoms with Crippen molar-refractivity contribution < 1.29 is 4.52 Å². The average Bonchev–Trinajstić information content (AvgIpc) is 2.85. The fraction of sp³-hybridized carbons (Fsp3) is 0.556. The van der Waals surface area contributed by atoms with Crippen LogP contribution in [-0.4, -0.2) is 22.9 Å². The first-order chi connectivity index (χ1) is 6.90. The molecule has 0 aliphatic carbocycles. The Morgan fingerprint density at radius 2 is 2.47 bits per heavy atom. The van der Waals surface area contributed by atoms with Gasteiger partial charge in [-0.25, -0.2) is 0 Å². The molecule has 1 atom stereocenters. The van der Waals surface area contributed by atoms with Gasteiger partial charge >= 0.3 is 0 Å². The molecule has 15 heavy (non-hydrogen) atoms. The molecule has 2 rings (SSSR count). The van der Waals surface area contributed by atoms with Gasteiger partial charge in [-0.1, -0.05) is 5.16 Å². The Kier molecular flexibility index (Phi) is 5.14. The smallest absolute Gasteiger partial charge is 0.251 e. The van der Waals surface area contributed by atoms with Crippen LogP contribution < -0.4 is 5.32 Å². The maximum Gasteiger partial charge on any atom is 0.251 e. The van der Waals surface area contributed by atoms with Crippen molar-refractivity contribution in [3.8, 4) is 0 Å². The van der Waals surface area contributed by atoms with Crippen molar-refractivity contribution in [2.75, 3.05) is 12.8 Å². The van der Waals surface area contributed by atoms with E-state index >= 15 is 0 Å². The Balaban J connectivity index is 0.00000112. The number of thioether (sulfide) groups is 1. The van der Waals surface area contributed by atoms with Gasteiger partial charge in [0.2, 0.25) is 0 Å². The maximum absolute atomic E-state index is 5.08. The Morgan fingerprint density at radius 1 is 1.60 bits per heavy atom. The van der Waals surface area contributed by atoms with Crippen LogP contribution in [0.25, 0.3) is 6.08 Å². The van der Waals surface area contributed by atoms with Crippen LogP contribution in [0.2, 0.25) is 0 Å². The molecule has 0 saturated carbocycles. The summed E-state index contributed by atoms with van der Waals surface area (Å²) in [6.07, 6.45) is 6.11. The highest BCUT2D eigenvalue weighted by Gasteiger charge is 2.20. The predicted octanol–water partition coefficient (Wildman–Crippen LogP) is 2.25. The molecule has 84 valence electrons. The highest BCUT2D eigenvalue weighted by Crippen LogP contribution is 2.20. The molecule has 4 nitrogen and oxygen atoms in total. The molecule has 1 unspecified atom stereocenters. The van der Waals surface area contributed by atoms with E-state index in [1.807, 2.05) is 17.7 Å². The summed E-state index contributed by atoms with van der Waals surface area (Å²) in [5.41, 5.74) is 0. The summed E-state index contributed by atoms with van der Waals surface area (Å²) in [5.74, 6) is 1.37. The van der Waals surface area contributed by atoms with Crippen LogP contribution in [0.1, 0.15) is 30.6 Å². The largest absolute Gasteiger partial charge is 0.335 e. The van der Waals surface area contributed by atoms with Gasteiger partial charge in [0, 0.05) is 6.08 Å². The van der Waals surface area contributed by atoms with Crippen LogP contribution >= 0.6 is 24.2 Å². The van der Waals surface area contributed by atoms with Gasteiger partial charge in [0.05, 0.1) is 6.04 Å². The summed E-state index contributed by atoms with van der Waals surface area (Å²) in [7, 11) is 0. The topological polar surface area (TPSA) is 51.0 Å². The zero-order valence-corrected chi connectivity index (χ0v) is 10.1. The van der Waals surface area contributed by atoms with E-state index in [1.54, 1.807) is 11.8 Å². The minimum Gasteiger partial charge on any atom is -0.335 e. The SMILES string of the molecule is CS/C=C/c1nc(C2CCCN2)no1.Cl. The van der Waals surface area contributed by atoms with E-state index in [9.17, 15) is 0 Å². The van der Waals surface area contributed by atoms with E-state index in [0.717, 1.165) is 18.8 Å². The lowest BCUT2D eigenvalue weighted by Gasteiger charge is -2.01. The lowest BCUT2D eigenvalue weighted by atomic mass is 10.2. The third kappa shape index (κ3) is 3.22. The van der Waals surface area contributed by atoms with Crippen LogP contribution in [0.3, 0.4) is 0 Å². The fourth-order valence-corrected chi connectivity index (χ4v) is 1.74. The first-order valence-corrected chi connectivity index (χ1v) is 5.95. The normalized spacial score (nSPS) is 20.7. The van der Waals surface area contributed by atoms with Gasteiger partial charge in [-0.15, -0.1) is 24.2 Å². The van der Waals surface area contributed by atoms with E-state index in [4.69, 9.17) is 4.52 Å². The van der Waals surface area contributed by atoms with Crippen molar-refractivity contribution in [3.05, 3.63) is 17.1 Å². The van der Waals surface area contributed by atoms with E-state index in [1.165, 1.54) is 6.42 Å². The van der Waals surface area contributed by atoms with Crippen LogP contribution in [0.4, 0.5) is 0 Å². The molecule has 1 N–H and O–H groups in total. The minimum atomic E-state index is 0. The summed E-state index contributed by atoms with van der Waals surface area (Å²) in [6, 6.07) is 0.287. The molecular formula is C9H14ClN3OS. The predicted molar refractivity (Wildman–Crippen MR) is 64.1 cm³/mol. The van der Waals surface area contributed by atoms with E-state index in [0.29, 0.717) is 5.89 Å². The van der Waals surface area contributed by atoms with Gasteiger partial charge < -0.3 is 9.84 Å². The van der Waals surface area contributed by atoms with E-state index < -0.39 is 0 Å². The molecule has 1 aliphatic rings. The molecule has 0 radical (unpaired) electrons. The number of halogens is 1. The van der Waals surface area contributed by atoms with Crippen molar-refractivity contribution in [1.82, 2.24) is 15.5 Å². The first kappa shape index (κ1) is 12.5. The second kappa shape index (κ2) is 6.15. The number of aromatic nitrogens is 2. The number of hydrogen-bond acceptors (Lipinski definition) is 5. The van der Waals surface area contributed by atoms with Crippen LogP contribution in [-0.2, 0) is 0 Å². The first-order valence-electron chi connectivity index (χ1n) is 4.66. The third-order valence-corrected chi connectivity index (χ3v) is 2.58. The lowest BCUT2D eigenvalue weighted by molar-refractivity contribution is 0.395. The second-order valence-corrected chi connectivity index (χ2v) is 3.92. The number of hydrogen-bond donors (Lipinski definition) is 1. The van der Waals surface area contributed by atoms with Crippen LogP contribution in [0.15, 0.2) is 9.93 Å². The zero-order chi connectivity index (χ0) is 9.80. The Labute approximate surface area is 99.3 Å². The van der Waals surface area contributed by atoms with Crippen molar-refractivity contribution in [1.29, 1.82) is 0 Å². The van der Waals surface area contributed by atoms with Gasteiger partial charge in [-0.2, -0.15) is 4.98 Å². The summed E-state index contributed by atoms with van der Waals surface area (Å²) in [6.45, 7) is 1.05. The molecule has 1 aliphatic heterocycles. The molecule has 1 fully saturated rings. The monoisotopic (exact) mass is 247 g/mol. The van der Waals surface area contributed by atoms with Crippen molar-refractivity contribution in [2.45, 2.75) is 18.9 Å². The summed E-state index contributed by atoms with van der Waals surface area (Å²) < 4.78 is 5.08. The molecule has 1 aromatic heterocycles. The van der Waals surface area contributed by atoms with Gasteiger partial charge in [-0.05, 0) is 31.1 Å². The highest BCUT2D eigenvalue weighted by molar-refractivity contribution is 8.01. The second-order valence-electron chi connectivity index (χ2n) is 3.18. The van der Waals surface area contributed by atoms with Crippen molar-refractivity contribution in [3.63, 3.8) is 0 Å². The Hall–Kier alpha value is -0.520. The quantitative estimate of drug-likeness (QED) is 0.888. The Bertz CT molecular complexity index is 323. The van der Waals surface area contributed by atoms with E-state index in [-0.39, 0.29) is 18.4 Å². The van der Waals surface area contributed by atoms with Crippen LogP contribution in [0.5, 0.6) is 0 Å². The molecule has 0 bridgehead atoms. The molecule has 0 amide bonds. The molecule has 0 spiro atoms. The highest BCUT2D eigenvalue weighted by atomic mass is 35.5. The molecule has 1 aromatic rings. The van der Waals surface area contributed by atoms with Gasteiger partial charge in [-0.3, -0.25) is 0 Å². The third-order valence-electron chi connectivity index (χ3n) is 2.18. The molecule has 0 aromatic carbocycles.